The quantitative estimate of drug-likeness (QED) is 0.499. The van der Waals surface area contributed by atoms with Crippen molar-refractivity contribution in [2.45, 2.75) is 13.5 Å². The third-order valence-corrected chi connectivity index (χ3v) is 2.90. The second-order valence-electron chi connectivity index (χ2n) is 4.39. The van der Waals surface area contributed by atoms with Crippen molar-refractivity contribution < 1.29 is 9.21 Å². The Morgan fingerprint density at radius 1 is 1.37 bits per heavy atom. The number of nitrogen functional groups attached to an aromatic ring is 1. The van der Waals surface area contributed by atoms with Gasteiger partial charge in [-0.3, -0.25) is 10.2 Å². The average molecular weight is 259 g/mol. The Hall–Kier alpha value is -2.27. The molecule has 0 spiro atoms. The molecule has 1 heterocycles. The Bertz CT molecular complexity index is 563. The minimum Gasteiger partial charge on any atom is -0.454 e. The van der Waals surface area contributed by atoms with Gasteiger partial charge in [0.15, 0.2) is 5.76 Å². The molecule has 0 radical (unpaired) electrons. The third kappa shape index (κ3) is 2.95. The van der Waals surface area contributed by atoms with Gasteiger partial charge >= 0.3 is 5.91 Å². The van der Waals surface area contributed by atoms with E-state index in [-0.39, 0.29) is 5.76 Å². The van der Waals surface area contributed by atoms with Crippen LogP contribution in [0.15, 0.2) is 40.8 Å². The van der Waals surface area contributed by atoms with Gasteiger partial charge in [-0.15, -0.1) is 0 Å². The molecule has 0 atom stereocenters. The van der Waals surface area contributed by atoms with Crippen molar-refractivity contribution in [1.82, 2.24) is 5.43 Å². The van der Waals surface area contributed by atoms with Crippen molar-refractivity contribution >= 4 is 11.6 Å². The van der Waals surface area contributed by atoms with Gasteiger partial charge in [0.25, 0.3) is 0 Å². The fourth-order valence-electron chi connectivity index (χ4n) is 1.92. The summed E-state index contributed by atoms with van der Waals surface area (Å²) in [7, 11) is 1.97. The number of nitrogens with zero attached hydrogens (tertiary/aromatic N) is 1. The second-order valence-corrected chi connectivity index (χ2v) is 4.39. The monoisotopic (exact) mass is 259 g/mol. The van der Waals surface area contributed by atoms with E-state index in [1.807, 2.05) is 55.3 Å². The van der Waals surface area contributed by atoms with Gasteiger partial charge in [-0.2, -0.15) is 0 Å². The number of hydrazine groups is 1. The van der Waals surface area contributed by atoms with E-state index >= 15 is 0 Å². The first-order valence-corrected chi connectivity index (χ1v) is 5.98. The van der Waals surface area contributed by atoms with Crippen LogP contribution in [0.1, 0.15) is 21.9 Å². The van der Waals surface area contributed by atoms with Gasteiger partial charge in [-0.25, -0.2) is 5.84 Å². The molecule has 2 aromatic rings. The number of carbonyl (C=O) groups is 1. The summed E-state index contributed by atoms with van der Waals surface area (Å²) in [6.07, 6.45) is 0. The number of rotatable bonds is 4. The highest BCUT2D eigenvalue weighted by molar-refractivity contribution is 5.92. The summed E-state index contributed by atoms with van der Waals surface area (Å²) in [5.74, 6) is 5.68. The van der Waals surface area contributed by atoms with Gasteiger partial charge in [0.1, 0.15) is 5.76 Å². The summed E-state index contributed by atoms with van der Waals surface area (Å²) in [6, 6.07) is 11.8. The molecular formula is C14H17N3O2. The van der Waals surface area contributed by atoms with Crippen LogP contribution in [0.3, 0.4) is 0 Å². The zero-order valence-corrected chi connectivity index (χ0v) is 11.0. The lowest BCUT2D eigenvalue weighted by atomic mass is 10.2. The molecule has 3 N–H and O–H groups in total. The third-order valence-electron chi connectivity index (χ3n) is 2.90. The molecule has 0 aliphatic rings. The predicted molar refractivity (Wildman–Crippen MR) is 73.6 cm³/mol. The molecule has 1 amide bonds. The zero-order chi connectivity index (χ0) is 13.8. The van der Waals surface area contributed by atoms with Crippen LogP contribution in [-0.4, -0.2) is 13.0 Å². The van der Waals surface area contributed by atoms with Crippen molar-refractivity contribution in [3.8, 4) is 0 Å². The van der Waals surface area contributed by atoms with Crippen molar-refractivity contribution in [1.29, 1.82) is 0 Å². The van der Waals surface area contributed by atoms with Gasteiger partial charge < -0.3 is 9.32 Å². The fourth-order valence-corrected chi connectivity index (χ4v) is 1.92. The van der Waals surface area contributed by atoms with E-state index in [0.29, 0.717) is 6.54 Å². The summed E-state index contributed by atoms with van der Waals surface area (Å²) in [6.45, 7) is 2.41. The zero-order valence-electron chi connectivity index (χ0n) is 11.0. The SMILES string of the molecule is Cc1cc(CN(C)c2ccccc2)oc1C(=O)NN. The van der Waals surface area contributed by atoms with Crippen LogP contribution in [0.25, 0.3) is 0 Å². The molecule has 5 heteroatoms. The van der Waals surface area contributed by atoms with Crippen molar-refractivity contribution in [3.05, 3.63) is 53.5 Å². The number of amides is 1. The van der Waals surface area contributed by atoms with Crippen LogP contribution in [0.2, 0.25) is 0 Å². The number of nitrogens with one attached hydrogen (secondary N) is 1. The Kier molecular flexibility index (Phi) is 3.87. The van der Waals surface area contributed by atoms with Crippen LogP contribution >= 0.6 is 0 Å². The fraction of sp³-hybridized carbons (Fsp3) is 0.214. The van der Waals surface area contributed by atoms with Crippen molar-refractivity contribution in [2.24, 2.45) is 5.84 Å². The molecule has 5 nitrogen and oxygen atoms in total. The van der Waals surface area contributed by atoms with E-state index < -0.39 is 5.91 Å². The van der Waals surface area contributed by atoms with Crippen LogP contribution in [0, 0.1) is 6.92 Å². The van der Waals surface area contributed by atoms with E-state index in [1.165, 1.54) is 0 Å². The predicted octanol–water partition coefficient (Wildman–Crippen LogP) is 1.83. The average Bonchev–Trinajstić information content (AvgIpc) is 2.79. The maximum Gasteiger partial charge on any atom is 0.301 e. The maximum atomic E-state index is 11.5. The minimum absolute atomic E-state index is 0.263. The molecule has 19 heavy (non-hydrogen) atoms. The number of carbonyl (C=O) groups excluding carboxylic acids is 1. The number of hydrogen-bond donors (Lipinski definition) is 2. The number of benzene rings is 1. The summed E-state index contributed by atoms with van der Waals surface area (Å²) in [4.78, 5) is 13.5. The number of aryl methyl sites for hydroxylation is 1. The first-order valence-electron chi connectivity index (χ1n) is 5.98. The van der Waals surface area contributed by atoms with E-state index in [2.05, 4.69) is 5.43 Å². The van der Waals surface area contributed by atoms with E-state index in [4.69, 9.17) is 10.3 Å². The smallest absolute Gasteiger partial charge is 0.301 e. The first-order chi connectivity index (χ1) is 9.11. The standard InChI is InChI=1S/C14H17N3O2/c1-10-8-12(19-13(10)14(18)16-15)9-17(2)11-6-4-3-5-7-11/h3-8H,9,15H2,1-2H3,(H,16,18). The maximum absolute atomic E-state index is 11.5. The molecule has 100 valence electrons. The highest BCUT2D eigenvalue weighted by Gasteiger charge is 2.15. The molecule has 0 saturated carbocycles. The summed E-state index contributed by atoms with van der Waals surface area (Å²) in [5, 5.41) is 0. The van der Waals surface area contributed by atoms with Crippen LogP contribution in [0.4, 0.5) is 5.69 Å². The highest BCUT2D eigenvalue weighted by Crippen LogP contribution is 2.19. The van der Waals surface area contributed by atoms with Gasteiger partial charge in [-0.05, 0) is 25.1 Å². The minimum atomic E-state index is -0.411. The Morgan fingerprint density at radius 3 is 2.68 bits per heavy atom. The molecule has 1 aromatic heterocycles. The van der Waals surface area contributed by atoms with Gasteiger partial charge in [-0.1, -0.05) is 18.2 Å². The van der Waals surface area contributed by atoms with E-state index in [0.717, 1.165) is 17.0 Å². The number of para-hydroxylation sites is 1. The van der Waals surface area contributed by atoms with Crippen LogP contribution < -0.4 is 16.2 Å². The Morgan fingerprint density at radius 2 is 2.05 bits per heavy atom. The lowest BCUT2D eigenvalue weighted by Gasteiger charge is -2.17. The van der Waals surface area contributed by atoms with E-state index in [1.54, 1.807) is 0 Å². The van der Waals surface area contributed by atoms with Gasteiger partial charge in [0.05, 0.1) is 6.54 Å². The molecule has 2 rings (SSSR count). The molecule has 0 aliphatic carbocycles. The van der Waals surface area contributed by atoms with Crippen LogP contribution in [-0.2, 0) is 6.54 Å². The van der Waals surface area contributed by atoms with Crippen LogP contribution in [0.5, 0.6) is 0 Å². The topological polar surface area (TPSA) is 71.5 Å². The highest BCUT2D eigenvalue weighted by atomic mass is 16.4. The Balaban J connectivity index is 2.14. The summed E-state index contributed by atoms with van der Waals surface area (Å²) in [5.41, 5.74) is 3.94. The van der Waals surface area contributed by atoms with Crippen molar-refractivity contribution in [3.63, 3.8) is 0 Å². The molecule has 0 fully saturated rings. The van der Waals surface area contributed by atoms with Gasteiger partial charge in [0, 0.05) is 18.3 Å². The molecule has 0 bridgehead atoms. The molecule has 1 aromatic carbocycles. The van der Waals surface area contributed by atoms with E-state index in [9.17, 15) is 4.79 Å². The molecule has 0 aliphatic heterocycles. The number of hydrogen-bond acceptors (Lipinski definition) is 4. The number of nitrogens with two attached hydrogens (primary N) is 1. The number of anilines is 1. The second kappa shape index (κ2) is 5.58. The summed E-state index contributed by atoms with van der Waals surface area (Å²) < 4.78 is 5.53. The first kappa shape index (κ1) is 13.2. The van der Waals surface area contributed by atoms with Gasteiger partial charge in [0.2, 0.25) is 0 Å². The molecular weight excluding hydrogens is 242 g/mol. The molecule has 0 unspecified atom stereocenters. The summed E-state index contributed by atoms with van der Waals surface area (Å²) >= 11 is 0. The number of furan rings is 1. The largest absolute Gasteiger partial charge is 0.454 e. The lowest BCUT2D eigenvalue weighted by Crippen LogP contribution is -2.30. The normalized spacial score (nSPS) is 10.3. The Labute approximate surface area is 112 Å². The molecule has 0 saturated heterocycles. The van der Waals surface area contributed by atoms with Crippen molar-refractivity contribution in [2.75, 3.05) is 11.9 Å². The lowest BCUT2D eigenvalue weighted by molar-refractivity contribution is 0.0923.